The van der Waals surface area contributed by atoms with Gasteiger partial charge < -0.3 is 14.6 Å². The second-order valence-electron chi connectivity index (χ2n) is 6.19. The lowest BCUT2D eigenvalue weighted by atomic mass is 10.1. The number of benzene rings is 3. The summed E-state index contributed by atoms with van der Waals surface area (Å²) < 4.78 is 10.9. The fourth-order valence-corrected chi connectivity index (χ4v) is 2.57. The number of aromatic hydroxyl groups is 1. The summed E-state index contributed by atoms with van der Waals surface area (Å²) in [6.45, 7) is 6.69. The SMILES string of the molecule is C=C(C)C(=O)OC(C)Oc1cc(O)c(/N=N/c2ccccc2)c2ccccc12. The number of carbonyl (C=O) groups is 1. The number of azo groups is 1. The first-order valence-corrected chi connectivity index (χ1v) is 8.70. The first-order chi connectivity index (χ1) is 13.5. The van der Waals surface area contributed by atoms with E-state index in [1.165, 1.54) is 6.07 Å². The van der Waals surface area contributed by atoms with E-state index >= 15 is 0 Å². The molecule has 0 aliphatic carbocycles. The van der Waals surface area contributed by atoms with Gasteiger partial charge >= 0.3 is 5.97 Å². The van der Waals surface area contributed by atoms with Crippen molar-refractivity contribution in [1.82, 2.24) is 0 Å². The molecule has 1 atom stereocenters. The third-order valence-corrected chi connectivity index (χ3v) is 3.89. The predicted octanol–water partition coefficient (Wildman–Crippen LogP) is 5.80. The predicted molar refractivity (Wildman–Crippen MR) is 107 cm³/mol. The maximum Gasteiger partial charge on any atom is 0.336 e. The summed E-state index contributed by atoms with van der Waals surface area (Å²) in [5.74, 6) is -0.269. The van der Waals surface area contributed by atoms with Gasteiger partial charge in [0, 0.05) is 29.3 Å². The molecule has 0 saturated carbocycles. The van der Waals surface area contributed by atoms with Crippen LogP contribution in [0.3, 0.4) is 0 Å². The summed E-state index contributed by atoms with van der Waals surface area (Å²) in [5, 5.41) is 20.3. The van der Waals surface area contributed by atoms with Crippen LogP contribution in [0.25, 0.3) is 10.8 Å². The minimum Gasteiger partial charge on any atom is -0.505 e. The van der Waals surface area contributed by atoms with Crippen LogP contribution in [0.15, 0.2) is 83.0 Å². The van der Waals surface area contributed by atoms with Gasteiger partial charge in [-0.1, -0.05) is 49.0 Å². The molecule has 0 heterocycles. The lowest BCUT2D eigenvalue weighted by Gasteiger charge is -2.17. The van der Waals surface area contributed by atoms with E-state index in [0.29, 0.717) is 27.9 Å². The van der Waals surface area contributed by atoms with Gasteiger partial charge in [0.1, 0.15) is 17.2 Å². The van der Waals surface area contributed by atoms with Crippen molar-refractivity contribution in [2.24, 2.45) is 10.2 Å². The van der Waals surface area contributed by atoms with Crippen molar-refractivity contribution in [3.8, 4) is 11.5 Å². The zero-order chi connectivity index (χ0) is 20.1. The number of ether oxygens (including phenoxy) is 2. The smallest absolute Gasteiger partial charge is 0.336 e. The summed E-state index contributed by atoms with van der Waals surface area (Å²) in [4.78, 5) is 11.7. The fourth-order valence-electron chi connectivity index (χ4n) is 2.57. The Morgan fingerprint density at radius 3 is 2.36 bits per heavy atom. The monoisotopic (exact) mass is 376 g/mol. The standard InChI is InChI=1S/C22H20N2O4/c1-14(2)22(26)28-15(3)27-20-13-19(25)21(18-12-8-7-11-17(18)20)24-23-16-9-5-4-6-10-16/h4-13,15,25H,1H2,2-3H3/b24-23+. The average Bonchev–Trinajstić information content (AvgIpc) is 2.68. The third kappa shape index (κ3) is 4.35. The van der Waals surface area contributed by atoms with Crippen LogP contribution in [0.2, 0.25) is 0 Å². The average molecular weight is 376 g/mol. The molecule has 0 fully saturated rings. The van der Waals surface area contributed by atoms with Crippen LogP contribution in [0.4, 0.5) is 11.4 Å². The zero-order valence-electron chi connectivity index (χ0n) is 15.6. The Balaban J connectivity index is 1.95. The number of rotatable bonds is 6. The van der Waals surface area contributed by atoms with Crippen molar-refractivity contribution >= 4 is 28.1 Å². The molecule has 6 heteroatoms. The Kier molecular flexibility index (Phi) is 5.69. The number of hydrogen-bond donors (Lipinski definition) is 1. The molecule has 0 aliphatic heterocycles. The second kappa shape index (κ2) is 8.35. The Morgan fingerprint density at radius 2 is 1.68 bits per heavy atom. The molecule has 6 nitrogen and oxygen atoms in total. The summed E-state index contributed by atoms with van der Waals surface area (Å²) in [6, 6.07) is 18.0. The van der Waals surface area contributed by atoms with Crippen molar-refractivity contribution < 1.29 is 19.4 Å². The van der Waals surface area contributed by atoms with Crippen LogP contribution in [-0.4, -0.2) is 17.4 Å². The maximum absolute atomic E-state index is 11.7. The van der Waals surface area contributed by atoms with Crippen molar-refractivity contribution in [3.05, 3.63) is 72.8 Å². The second-order valence-corrected chi connectivity index (χ2v) is 6.19. The van der Waals surface area contributed by atoms with Crippen LogP contribution in [0.1, 0.15) is 13.8 Å². The number of phenolic OH excluding ortho intramolecular Hbond substituents is 1. The van der Waals surface area contributed by atoms with E-state index in [4.69, 9.17) is 9.47 Å². The molecule has 1 N–H and O–H groups in total. The third-order valence-electron chi connectivity index (χ3n) is 3.89. The Hall–Kier alpha value is -3.67. The maximum atomic E-state index is 11.7. The highest BCUT2D eigenvalue weighted by Crippen LogP contribution is 2.41. The molecule has 0 saturated heterocycles. The van der Waals surface area contributed by atoms with Crippen molar-refractivity contribution in [1.29, 1.82) is 0 Å². The molecule has 1 unspecified atom stereocenters. The number of phenols is 1. The minimum atomic E-state index is -0.858. The van der Waals surface area contributed by atoms with E-state index < -0.39 is 12.3 Å². The quantitative estimate of drug-likeness (QED) is 0.255. The normalized spacial score (nSPS) is 12.1. The molecule has 3 rings (SSSR count). The van der Waals surface area contributed by atoms with Crippen LogP contribution >= 0.6 is 0 Å². The van der Waals surface area contributed by atoms with E-state index in [-0.39, 0.29) is 11.3 Å². The summed E-state index contributed by atoms with van der Waals surface area (Å²) in [6.07, 6.45) is -0.858. The first kappa shape index (κ1) is 19.1. The van der Waals surface area contributed by atoms with E-state index in [1.54, 1.807) is 13.8 Å². The van der Waals surface area contributed by atoms with Crippen molar-refractivity contribution in [2.75, 3.05) is 0 Å². The van der Waals surface area contributed by atoms with Gasteiger partial charge in [0.15, 0.2) is 0 Å². The van der Waals surface area contributed by atoms with Gasteiger partial charge in [0.2, 0.25) is 6.29 Å². The van der Waals surface area contributed by atoms with E-state index in [9.17, 15) is 9.90 Å². The molecule has 0 amide bonds. The van der Waals surface area contributed by atoms with Gasteiger partial charge in [-0.3, -0.25) is 0 Å². The fraction of sp³-hybridized carbons (Fsp3) is 0.136. The van der Waals surface area contributed by atoms with Gasteiger partial charge in [0.25, 0.3) is 0 Å². The molecular formula is C22H20N2O4. The zero-order valence-corrected chi connectivity index (χ0v) is 15.6. The Bertz CT molecular complexity index is 1050. The van der Waals surface area contributed by atoms with Crippen molar-refractivity contribution in [3.63, 3.8) is 0 Å². The van der Waals surface area contributed by atoms with Gasteiger partial charge in [-0.15, -0.1) is 5.11 Å². The lowest BCUT2D eigenvalue weighted by molar-refractivity contribution is -0.156. The topological polar surface area (TPSA) is 80.5 Å². The van der Waals surface area contributed by atoms with Gasteiger partial charge in [-0.05, 0) is 19.1 Å². The number of fused-ring (bicyclic) bond motifs is 1. The molecular weight excluding hydrogens is 356 g/mol. The highest BCUT2D eigenvalue weighted by Gasteiger charge is 2.16. The number of carbonyl (C=O) groups excluding carboxylic acids is 1. The van der Waals surface area contributed by atoms with Gasteiger partial charge in [-0.2, -0.15) is 5.11 Å². The lowest BCUT2D eigenvalue weighted by Crippen LogP contribution is -2.21. The van der Waals surface area contributed by atoms with Crippen LogP contribution in [-0.2, 0) is 9.53 Å². The summed E-state index contributed by atoms with van der Waals surface area (Å²) in [5.41, 5.74) is 1.28. The first-order valence-electron chi connectivity index (χ1n) is 8.70. The van der Waals surface area contributed by atoms with Crippen LogP contribution in [0, 0.1) is 0 Å². The van der Waals surface area contributed by atoms with Gasteiger partial charge in [0.05, 0.1) is 5.69 Å². The molecule has 3 aromatic rings. The molecule has 0 aliphatic rings. The number of nitrogens with zero attached hydrogens (tertiary/aromatic N) is 2. The Morgan fingerprint density at radius 1 is 1.04 bits per heavy atom. The summed E-state index contributed by atoms with van der Waals surface area (Å²) in [7, 11) is 0. The van der Waals surface area contributed by atoms with Gasteiger partial charge in [-0.25, -0.2) is 4.79 Å². The highest BCUT2D eigenvalue weighted by molar-refractivity contribution is 5.99. The van der Waals surface area contributed by atoms with E-state index in [1.807, 2.05) is 54.6 Å². The molecule has 0 aromatic heterocycles. The number of esters is 1. The molecule has 0 radical (unpaired) electrons. The highest BCUT2D eigenvalue weighted by atomic mass is 16.7. The molecule has 0 bridgehead atoms. The van der Waals surface area contributed by atoms with E-state index in [0.717, 1.165) is 0 Å². The molecule has 28 heavy (non-hydrogen) atoms. The summed E-state index contributed by atoms with van der Waals surface area (Å²) >= 11 is 0. The Labute approximate surface area is 162 Å². The van der Waals surface area contributed by atoms with E-state index in [2.05, 4.69) is 16.8 Å². The molecule has 0 spiro atoms. The van der Waals surface area contributed by atoms with Crippen LogP contribution in [0.5, 0.6) is 11.5 Å². The molecule has 142 valence electrons. The van der Waals surface area contributed by atoms with Crippen LogP contribution < -0.4 is 4.74 Å². The largest absolute Gasteiger partial charge is 0.505 e. The molecule has 3 aromatic carbocycles. The number of hydrogen-bond acceptors (Lipinski definition) is 6. The van der Waals surface area contributed by atoms with Crippen molar-refractivity contribution in [2.45, 2.75) is 20.1 Å². The minimum absolute atomic E-state index is 0.0909.